The highest BCUT2D eigenvalue weighted by molar-refractivity contribution is 9.10. The highest BCUT2D eigenvalue weighted by Crippen LogP contribution is 2.37. The molecule has 0 bridgehead atoms. The number of nitrogens with one attached hydrogen (secondary N) is 1. The van der Waals surface area contributed by atoms with Crippen LogP contribution in [0.5, 0.6) is 11.5 Å². The van der Waals surface area contributed by atoms with E-state index in [4.69, 9.17) is 39.1 Å². The third-order valence-electron chi connectivity index (χ3n) is 3.09. The third-order valence-corrected chi connectivity index (χ3v) is 4.41. The van der Waals surface area contributed by atoms with Crippen molar-refractivity contribution in [3.63, 3.8) is 0 Å². The Morgan fingerprint density at radius 1 is 1.17 bits per heavy atom. The Hall–Kier alpha value is -1.54. The van der Waals surface area contributed by atoms with Gasteiger partial charge in [-0.1, -0.05) is 29.1 Å². The molecule has 0 fully saturated rings. The number of hydrogen-bond acceptors (Lipinski definition) is 3. The lowest BCUT2D eigenvalue weighted by atomic mass is 10.2. The van der Waals surface area contributed by atoms with Crippen LogP contribution in [0.25, 0.3) is 0 Å². The first kappa shape index (κ1) is 18.8. The van der Waals surface area contributed by atoms with E-state index in [1.54, 1.807) is 12.1 Å². The molecule has 3 nitrogen and oxygen atoms in total. The smallest absolute Gasteiger partial charge is 0.176 e. The topological polar surface area (TPSA) is 30.5 Å². The van der Waals surface area contributed by atoms with Crippen LogP contribution in [-0.2, 0) is 6.54 Å². The van der Waals surface area contributed by atoms with E-state index in [-0.39, 0.29) is 6.61 Å². The number of benzene rings is 2. The normalized spacial score (nSPS) is 10.1. The minimum atomic E-state index is 0.180. The molecular weight excluding hydrogens is 413 g/mol. The molecule has 2 aromatic rings. The second kappa shape index (κ2) is 9.08. The summed E-state index contributed by atoms with van der Waals surface area (Å²) in [5.41, 5.74) is 1.90. The van der Waals surface area contributed by atoms with Gasteiger partial charge in [0.1, 0.15) is 6.61 Å². The summed E-state index contributed by atoms with van der Waals surface area (Å²) in [7, 11) is 0. The van der Waals surface area contributed by atoms with E-state index >= 15 is 0 Å². The first-order valence-corrected chi connectivity index (χ1v) is 8.80. The molecule has 0 heterocycles. The highest BCUT2D eigenvalue weighted by Gasteiger charge is 2.12. The van der Waals surface area contributed by atoms with Crippen molar-refractivity contribution in [2.75, 3.05) is 18.5 Å². The van der Waals surface area contributed by atoms with Crippen LogP contribution in [0, 0.1) is 12.3 Å². The molecule has 1 N–H and O–H groups in total. The van der Waals surface area contributed by atoms with Gasteiger partial charge in [0, 0.05) is 12.2 Å². The van der Waals surface area contributed by atoms with Gasteiger partial charge in [-0.05, 0) is 58.7 Å². The molecule has 2 aromatic carbocycles. The molecule has 0 spiro atoms. The molecule has 24 heavy (non-hydrogen) atoms. The van der Waals surface area contributed by atoms with Crippen LogP contribution < -0.4 is 14.8 Å². The molecule has 0 aliphatic rings. The summed E-state index contributed by atoms with van der Waals surface area (Å²) in [6.07, 6.45) is 5.25. The molecule has 0 aliphatic carbocycles. The lowest BCUT2D eigenvalue weighted by Gasteiger charge is -2.15. The largest absolute Gasteiger partial charge is 0.490 e. The van der Waals surface area contributed by atoms with E-state index in [2.05, 4.69) is 27.2 Å². The summed E-state index contributed by atoms with van der Waals surface area (Å²) < 4.78 is 12.0. The van der Waals surface area contributed by atoms with Crippen LogP contribution in [0.4, 0.5) is 5.69 Å². The zero-order chi connectivity index (χ0) is 17.5. The number of anilines is 1. The van der Waals surface area contributed by atoms with Crippen LogP contribution in [-0.4, -0.2) is 13.2 Å². The van der Waals surface area contributed by atoms with Gasteiger partial charge in [0.05, 0.1) is 21.1 Å². The summed E-state index contributed by atoms with van der Waals surface area (Å²) in [5, 5.41) is 4.33. The number of terminal acetylenes is 1. The van der Waals surface area contributed by atoms with Crippen molar-refractivity contribution in [1.82, 2.24) is 0 Å². The summed E-state index contributed by atoms with van der Waals surface area (Å²) >= 11 is 15.5. The first-order chi connectivity index (χ1) is 11.5. The molecule has 0 aliphatic heterocycles. The lowest BCUT2D eigenvalue weighted by Crippen LogP contribution is -2.04. The Bertz CT molecular complexity index is 759. The van der Waals surface area contributed by atoms with Gasteiger partial charge in [-0.2, -0.15) is 0 Å². The highest BCUT2D eigenvalue weighted by atomic mass is 79.9. The van der Waals surface area contributed by atoms with Crippen LogP contribution in [0.1, 0.15) is 12.5 Å². The van der Waals surface area contributed by atoms with Crippen LogP contribution >= 0.6 is 39.1 Å². The molecule has 0 amide bonds. The van der Waals surface area contributed by atoms with Gasteiger partial charge in [0.15, 0.2) is 11.5 Å². The van der Waals surface area contributed by atoms with Crippen molar-refractivity contribution >= 4 is 44.8 Å². The van der Waals surface area contributed by atoms with Gasteiger partial charge in [-0.15, -0.1) is 6.42 Å². The van der Waals surface area contributed by atoms with Crippen molar-refractivity contribution in [2.45, 2.75) is 13.5 Å². The second-order valence-electron chi connectivity index (χ2n) is 4.81. The summed E-state index contributed by atoms with van der Waals surface area (Å²) in [5.74, 6) is 3.70. The minimum Gasteiger partial charge on any atom is -0.490 e. The van der Waals surface area contributed by atoms with Gasteiger partial charge >= 0.3 is 0 Å². The van der Waals surface area contributed by atoms with E-state index in [0.29, 0.717) is 34.7 Å². The molecule has 2 rings (SSSR count). The zero-order valence-electron chi connectivity index (χ0n) is 13.0. The van der Waals surface area contributed by atoms with Crippen molar-refractivity contribution < 1.29 is 9.47 Å². The third kappa shape index (κ3) is 4.98. The van der Waals surface area contributed by atoms with Gasteiger partial charge in [0.2, 0.25) is 0 Å². The predicted octanol–water partition coefficient (Wildman–Crippen LogP) is 5.78. The van der Waals surface area contributed by atoms with E-state index in [1.165, 1.54) is 0 Å². The monoisotopic (exact) mass is 427 g/mol. The number of rotatable bonds is 7. The average molecular weight is 429 g/mol. The standard InChI is InChI=1S/C18H16BrCl2NO2/c1-3-7-24-18-14(19)8-12(9-17(18)23-4-2)11-22-13-5-6-15(20)16(21)10-13/h1,5-6,8-10,22H,4,7,11H2,2H3. The quantitative estimate of drug-likeness (QED) is 0.567. The van der Waals surface area contributed by atoms with Gasteiger partial charge in [0.25, 0.3) is 0 Å². The molecule has 0 saturated carbocycles. The van der Waals surface area contributed by atoms with Gasteiger partial charge in [-0.25, -0.2) is 0 Å². The Kier molecular flexibility index (Phi) is 7.11. The maximum atomic E-state index is 6.02. The Morgan fingerprint density at radius 2 is 1.96 bits per heavy atom. The van der Waals surface area contributed by atoms with Crippen molar-refractivity contribution in [3.05, 3.63) is 50.4 Å². The second-order valence-corrected chi connectivity index (χ2v) is 6.48. The number of halogens is 3. The SMILES string of the molecule is C#CCOc1c(Br)cc(CNc2ccc(Cl)c(Cl)c2)cc1OCC. The van der Waals surface area contributed by atoms with Crippen molar-refractivity contribution in [3.8, 4) is 23.8 Å². The van der Waals surface area contributed by atoms with Crippen molar-refractivity contribution in [1.29, 1.82) is 0 Å². The summed E-state index contributed by atoms with van der Waals surface area (Å²) in [4.78, 5) is 0. The summed E-state index contributed by atoms with van der Waals surface area (Å²) in [6.45, 7) is 3.22. The number of hydrogen-bond donors (Lipinski definition) is 1. The maximum absolute atomic E-state index is 6.02. The molecule has 0 saturated heterocycles. The van der Waals surface area contributed by atoms with E-state index in [9.17, 15) is 0 Å². The minimum absolute atomic E-state index is 0.180. The lowest BCUT2D eigenvalue weighted by molar-refractivity contribution is 0.297. The fraction of sp³-hybridized carbons (Fsp3) is 0.222. The Labute approximate surface area is 160 Å². The van der Waals surface area contributed by atoms with Crippen LogP contribution in [0.3, 0.4) is 0 Å². The molecule has 6 heteroatoms. The molecule has 126 valence electrons. The maximum Gasteiger partial charge on any atom is 0.176 e. The molecule has 0 radical (unpaired) electrons. The molecule has 0 aromatic heterocycles. The molecular formula is C18H16BrCl2NO2. The fourth-order valence-electron chi connectivity index (χ4n) is 2.05. The van der Waals surface area contributed by atoms with Crippen LogP contribution in [0.2, 0.25) is 10.0 Å². The molecule has 0 atom stereocenters. The predicted molar refractivity (Wildman–Crippen MR) is 103 cm³/mol. The summed E-state index contributed by atoms with van der Waals surface area (Å²) in [6, 6.07) is 9.29. The van der Waals surface area contributed by atoms with E-state index in [1.807, 2.05) is 25.1 Å². The van der Waals surface area contributed by atoms with E-state index in [0.717, 1.165) is 15.7 Å². The average Bonchev–Trinajstić information content (AvgIpc) is 2.55. The van der Waals surface area contributed by atoms with E-state index < -0.39 is 0 Å². The number of ether oxygens (including phenoxy) is 2. The Balaban J connectivity index is 2.17. The zero-order valence-corrected chi connectivity index (χ0v) is 16.1. The first-order valence-electron chi connectivity index (χ1n) is 7.25. The van der Waals surface area contributed by atoms with Gasteiger partial charge in [-0.3, -0.25) is 0 Å². The fourth-order valence-corrected chi connectivity index (χ4v) is 2.95. The Morgan fingerprint density at radius 3 is 2.62 bits per heavy atom. The molecule has 0 unspecified atom stereocenters. The van der Waals surface area contributed by atoms with Gasteiger partial charge < -0.3 is 14.8 Å². The van der Waals surface area contributed by atoms with Crippen molar-refractivity contribution in [2.24, 2.45) is 0 Å². The van der Waals surface area contributed by atoms with Crippen LogP contribution in [0.15, 0.2) is 34.8 Å².